The van der Waals surface area contributed by atoms with Gasteiger partial charge in [-0.25, -0.2) is 9.78 Å². The molecule has 1 aromatic rings. The van der Waals surface area contributed by atoms with E-state index in [1.165, 1.54) is 7.11 Å². The Bertz CT molecular complexity index is 1070. The lowest BCUT2D eigenvalue weighted by Gasteiger charge is -2.48. The molecule has 0 radical (unpaired) electrons. The molecule has 17 heteroatoms. The molecule has 178 valence electrons. The summed E-state index contributed by atoms with van der Waals surface area (Å²) < 4.78 is 42.2. The van der Waals surface area contributed by atoms with Crippen molar-refractivity contribution in [2.45, 2.75) is 17.6 Å². The molecule has 12 nitrogen and oxygen atoms in total. The number of anilines is 1. The number of hydrogen-bond donors (Lipinski definition) is 3. The molecule has 1 unspecified atom stereocenters. The van der Waals surface area contributed by atoms with E-state index in [4.69, 9.17) is 4.74 Å². The van der Waals surface area contributed by atoms with E-state index in [2.05, 4.69) is 20.3 Å². The number of rotatable bonds is 7. The van der Waals surface area contributed by atoms with Crippen LogP contribution in [0.25, 0.3) is 0 Å². The highest BCUT2D eigenvalue weighted by Crippen LogP contribution is 2.40. The number of hydrogen-bond acceptors (Lipinski definition) is 10. The monoisotopic (exact) mass is 509 g/mol. The van der Waals surface area contributed by atoms with Gasteiger partial charge in [-0.05, 0) is 0 Å². The largest absolute Gasteiger partial charge is 0.498 e. The molecule has 0 bridgehead atoms. The van der Waals surface area contributed by atoms with Crippen LogP contribution in [0.1, 0.15) is 5.69 Å². The number of nitrogens with zero attached hydrogens (tertiary/aromatic N) is 3. The summed E-state index contributed by atoms with van der Waals surface area (Å²) in [6.45, 7) is 0. The third kappa shape index (κ3) is 4.72. The molecule has 2 atom stereocenters. The van der Waals surface area contributed by atoms with Crippen molar-refractivity contribution < 1.29 is 47.0 Å². The Morgan fingerprint density at radius 2 is 2.03 bits per heavy atom. The lowest BCUT2D eigenvalue weighted by atomic mass is 10.0. The van der Waals surface area contributed by atoms with Crippen molar-refractivity contribution in [1.29, 1.82) is 0 Å². The van der Waals surface area contributed by atoms with Gasteiger partial charge in [-0.15, -0.1) is 23.1 Å². The average molecular weight is 509 g/mol. The molecule has 3 heterocycles. The van der Waals surface area contributed by atoms with Crippen LogP contribution in [0.2, 0.25) is 0 Å². The summed E-state index contributed by atoms with van der Waals surface area (Å²) in [6, 6.07) is -1.11. The Balaban J connectivity index is 1.75. The first kappa shape index (κ1) is 24.3. The minimum Gasteiger partial charge on any atom is -0.498 e. The smallest absolute Gasteiger partial charge is 0.471 e. The number of methoxy groups -OCH3 is 1. The second-order valence-electron chi connectivity index (χ2n) is 6.25. The molecule has 1 fully saturated rings. The minimum atomic E-state index is -5.13. The highest BCUT2D eigenvalue weighted by molar-refractivity contribution is 8.00. The molecule has 33 heavy (non-hydrogen) atoms. The van der Waals surface area contributed by atoms with Gasteiger partial charge < -0.3 is 20.0 Å². The molecule has 1 aromatic heterocycles. The first-order chi connectivity index (χ1) is 15.5. The summed E-state index contributed by atoms with van der Waals surface area (Å²) in [5.74, 6) is -5.03. The van der Waals surface area contributed by atoms with Crippen LogP contribution < -0.4 is 10.6 Å². The number of thioether (sulfide) groups is 1. The Morgan fingerprint density at radius 3 is 2.61 bits per heavy atom. The summed E-state index contributed by atoms with van der Waals surface area (Å²) in [7, 11) is 2.38. The number of ether oxygens (including phenoxy) is 1. The van der Waals surface area contributed by atoms with Gasteiger partial charge in [0.1, 0.15) is 30.0 Å². The van der Waals surface area contributed by atoms with Crippen LogP contribution in [0.15, 0.2) is 22.0 Å². The number of oxime groups is 1. The SMILES string of the molecule is CON=C(C(=O)NC1C(=O)N2C(C(=O)O)=C(OC)CS[C@@H]12)c1csc(NC(=O)C(F)(F)F)n1. The third-order valence-electron chi connectivity index (χ3n) is 4.29. The van der Waals surface area contributed by atoms with Gasteiger partial charge in [0.15, 0.2) is 16.5 Å². The fourth-order valence-electron chi connectivity index (χ4n) is 2.86. The van der Waals surface area contributed by atoms with Crippen molar-refractivity contribution in [1.82, 2.24) is 15.2 Å². The third-order valence-corrected chi connectivity index (χ3v) is 6.30. The normalized spacial score (nSPS) is 20.6. The molecular weight excluding hydrogens is 495 g/mol. The number of carboxylic acids is 1. The van der Waals surface area contributed by atoms with Gasteiger partial charge in [-0.1, -0.05) is 5.16 Å². The zero-order chi connectivity index (χ0) is 24.5. The molecule has 3 rings (SSSR count). The van der Waals surface area contributed by atoms with Crippen LogP contribution in [-0.4, -0.2) is 82.0 Å². The van der Waals surface area contributed by atoms with E-state index in [9.17, 15) is 37.5 Å². The number of aromatic nitrogens is 1. The first-order valence-corrected chi connectivity index (χ1v) is 10.6. The Hall–Kier alpha value is -3.34. The summed E-state index contributed by atoms with van der Waals surface area (Å²) in [5, 5.41) is 16.8. The summed E-state index contributed by atoms with van der Waals surface area (Å²) in [5.41, 5.74) is -1.02. The molecule has 0 aromatic carbocycles. The molecule has 3 amide bonds. The number of aliphatic carboxylic acids is 1. The average Bonchev–Trinajstić information content (AvgIpc) is 3.21. The molecule has 0 aliphatic carbocycles. The molecule has 2 aliphatic heterocycles. The highest BCUT2D eigenvalue weighted by Gasteiger charge is 2.55. The fraction of sp³-hybridized carbons (Fsp3) is 0.375. The van der Waals surface area contributed by atoms with E-state index >= 15 is 0 Å². The van der Waals surface area contributed by atoms with Crippen LogP contribution in [0, 0.1) is 0 Å². The number of β-lactam (4-membered cyclic amide) rings is 1. The van der Waals surface area contributed by atoms with Crippen LogP contribution in [0.5, 0.6) is 0 Å². The fourth-order valence-corrected chi connectivity index (χ4v) is 4.86. The maximum Gasteiger partial charge on any atom is 0.471 e. The van der Waals surface area contributed by atoms with Gasteiger partial charge in [0.25, 0.3) is 11.8 Å². The zero-order valence-electron chi connectivity index (χ0n) is 16.6. The van der Waals surface area contributed by atoms with E-state index in [1.807, 2.05) is 0 Å². The van der Waals surface area contributed by atoms with Crippen molar-refractivity contribution in [2.75, 3.05) is 25.3 Å². The van der Waals surface area contributed by atoms with E-state index < -0.39 is 52.1 Å². The number of fused-ring (bicyclic) bond motifs is 1. The lowest BCUT2D eigenvalue weighted by Crippen LogP contribution is -2.71. The van der Waals surface area contributed by atoms with Gasteiger partial charge in [0, 0.05) is 5.38 Å². The van der Waals surface area contributed by atoms with Crippen molar-refractivity contribution in [3.63, 3.8) is 0 Å². The maximum absolute atomic E-state index is 12.7. The number of carbonyl (C=O) groups excluding carboxylic acids is 3. The number of halogens is 3. The second kappa shape index (κ2) is 9.26. The van der Waals surface area contributed by atoms with Crippen LogP contribution >= 0.6 is 23.1 Å². The Labute approximate surface area is 190 Å². The standard InChI is InChI=1S/C16H14F3N5O7S2/c1-30-6-4-32-12-8(11(26)24(12)9(6)13(27)28)21-10(25)7(23-31-2)5-3-33-15(20-5)22-14(29)16(17,18)19/h3,8,12H,4H2,1-2H3,(H,21,25)(H,27,28)(H,20,22,29)/t8?,12-/m0/s1. The number of alkyl halides is 3. The van der Waals surface area contributed by atoms with Crippen molar-refractivity contribution in [2.24, 2.45) is 5.16 Å². The van der Waals surface area contributed by atoms with Gasteiger partial charge in [0.2, 0.25) is 0 Å². The molecule has 0 saturated carbocycles. The number of thiazole rings is 1. The van der Waals surface area contributed by atoms with Gasteiger partial charge in [-0.2, -0.15) is 13.2 Å². The van der Waals surface area contributed by atoms with Crippen LogP contribution in [0.4, 0.5) is 18.3 Å². The highest BCUT2D eigenvalue weighted by atomic mass is 32.2. The Morgan fingerprint density at radius 1 is 1.33 bits per heavy atom. The maximum atomic E-state index is 12.7. The van der Waals surface area contributed by atoms with Gasteiger partial charge in [0.05, 0.1) is 12.9 Å². The van der Waals surface area contributed by atoms with E-state index in [0.29, 0.717) is 11.3 Å². The van der Waals surface area contributed by atoms with Crippen molar-refractivity contribution in [3.8, 4) is 0 Å². The predicted octanol–water partition coefficient (Wildman–Crippen LogP) is 0.337. The van der Waals surface area contributed by atoms with E-state index in [1.54, 1.807) is 5.32 Å². The topological polar surface area (TPSA) is 160 Å². The summed E-state index contributed by atoms with van der Waals surface area (Å²) >= 11 is 1.77. The minimum absolute atomic E-state index is 0.0967. The zero-order valence-corrected chi connectivity index (χ0v) is 18.3. The lowest BCUT2D eigenvalue weighted by molar-refractivity contribution is -0.167. The number of nitrogens with one attached hydrogen (secondary N) is 2. The van der Waals surface area contributed by atoms with Crippen LogP contribution in [0.3, 0.4) is 0 Å². The summed E-state index contributed by atoms with van der Waals surface area (Å²) in [4.78, 5) is 57.2. The van der Waals surface area contributed by atoms with Crippen molar-refractivity contribution >= 4 is 57.6 Å². The van der Waals surface area contributed by atoms with Crippen molar-refractivity contribution in [3.05, 3.63) is 22.5 Å². The van der Waals surface area contributed by atoms with Crippen LogP contribution in [-0.2, 0) is 28.8 Å². The number of amides is 3. The van der Waals surface area contributed by atoms with E-state index in [-0.39, 0.29) is 22.9 Å². The first-order valence-electron chi connectivity index (χ1n) is 8.70. The summed E-state index contributed by atoms with van der Waals surface area (Å²) in [6.07, 6.45) is -5.13. The van der Waals surface area contributed by atoms with E-state index in [0.717, 1.165) is 29.2 Å². The number of carboxylic acid groups (broad SMARTS) is 1. The molecule has 0 spiro atoms. The van der Waals surface area contributed by atoms with Gasteiger partial charge >= 0.3 is 18.1 Å². The molecule has 1 saturated heterocycles. The predicted molar refractivity (Wildman–Crippen MR) is 107 cm³/mol. The molecule has 3 N–H and O–H groups in total. The molecule has 2 aliphatic rings. The Kier molecular flexibility index (Phi) is 6.82. The molecular formula is C16H14F3N5O7S2. The number of carbonyl (C=O) groups is 4. The second-order valence-corrected chi connectivity index (χ2v) is 8.22. The van der Waals surface area contributed by atoms with Gasteiger partial charge in [-0.3, -0.25) is 24.6 Å². The quantitative estimate of drug-likeness (QED) is 0.268.